The van der Waals surface area contributed by atoms with E-state index in [1.807, 2.05) is 24.3 Å². The molecule has 0 saturated heterocycles. The highest BCUT2D eigenvalue weighted by atomic mass is 19.1. The summed E-state index contributed by atoms with van der Waals surface area (Å²) in [6, 6.07) is 12.2. The molecule has 2 rings (SSSR count). The molecular weight excluding hydrogens is 253 g/mol. The van der Waals surface area contributed by atoms with Crippen LogP contribution < -0.4 is 5.32 Å². The average molecular weight is 271 g/mol. The Morgan fingerprint density at radius 2 is 1.75 bits per heavy atom. The summed E-state index contributed by atoms with van der Waals surface area (Å²) in [4.78, 5) is 12.0. The fourth-order valence-electron chi connectivity index (χ4n) is 1.89. The van der Waals surface area contributed by atoms with Crippen molar-refractivity contribution in [2.75, 3.05) is 5.32 Å². The van der Waals surface area contributed by atoms with Crippen LogP contribution in [0.3, 0.4) is 0 Å². The Hall–Kier alpha value is -2.16. The number of amides is 1. The minimum absolute atomic E-state index is 0.304. The van der Waals surface area contributed by atoms with Gasteiger partial charge in [-0.25, -0.2) is 4.39 Å². The first-order chi connectivity index (χ1) is 9.47. The van der Waals surface area contributed by atoms with Crippen molar-refractivity contribution in [1.29, 1.82) is 0 Å². The molecule has 0 unspecified atom stereocenters. The van der Waals surface area contributed by atoms with E-state index in [1.54, 1.807) is 19.1 Å². The first-order valence-electron chi connectivity index (χ1n) is 6.65. The Morgan fingerprint density at radius 1 is 1.10 bits per heavy atom. The van der Waals surface area contributed by atoms with Crippen LogP contribution in [0, 0.1) is 12.7 Å². The number of carbonyl (C=O) groups is 1. The molecule has 0 aliphatic carbocycles. The van der Waals surface area contributed by atoms with Crippen LogP contribution in [-0.4, -0.2) is 5.91 Å². The molecule has 104 valence electrons. The van der Waals surface area contributed by atoms with Gasteiger partial charge in [0.05, 0.1) is 0 Å². The number of benzene rings is 2. The second-order valence-electron chi connectivity index (χ2n) is 5.19. The van der Waals surface area contributed by atoms with Crippen molar-refractivity contribution in [1.82, 2.24) is 0 Å². The van der Waals surface area contributed by atoms with E-state index in [0.29, 0.717) is 22.7 Å². The zero-order chi connectivity index (χ0) is 14.7. The van der Waals surface area contributed by atoms with Crippen LogP contribution in [-0.2, 0) is 0 Å². The Kier molecular flexibility index (Phi) is 4.18. The zero-order valence-corrected chi connectivity index (χ0v) is 11.9. The summed E-state index contributed by atoms with van der Waals surface area (Å²) in [5.74, 6) is -0.222. The number of rotatable bonds is 3. The van der Waals surface area contributed by atoms with Crippen LogP contribution in [0.15, 0.2) is 42.5 Å². The van der Waals surface area contributed by atoms with Crippen LogP contribution in [0.2, 0.25) is 0 Å². The lowest BCUT2D eigenvalue weighted by Gasteiger charge is -2.09. The number of carbonyl (C=O) groups excluding carboxylic acids is 1. The standard InChI is InChI=1S/C17H18FNO/c1-11(2)13-6-8-15(9-7-13)19-17(20)14-5-4-12(3)16(18)10-14/h4-11H,1-3H3,(H,19,20). The molecule has 20 heavy (non-hydrogen) atoms. The van der Waals surface area contributed by atoms with Gasteiger partial charge < -0.3 is 5.32 Å². The number of nitrogens with one attached hydrogen (secondary N) is 1. The average Bonchev–Trinajstić information content (AvgIpc) is 2.42. The van der Waals surface area contributed by atoms with Crippen LogP contribution >= 0.6 is 0 Å². The quantitative estimate of drug-likeness (QED) is 0.874. The number of halogens is 1. The van der Waals surface area contributed by atoms with E-state index in [2.05, 4.69) is 19.2 Å². The van der Waals surface area contributed by atoms with E-state index >= 15 is 0 Å². The highest BCUT2D eigenvalue weighted by molar-refractivity contribution is 6.04. The highest BCUT2D eigenvalue weighted by Crippen LogP contribution is 2.18. The largest absolute Gasteiger partial charge is 0.322 e. The van der Waals surface area contributed by atoms with E-state index in [4.69, 9.17) is 0 Å². The van der Waals surface area contributed by atoms with Crippen molar-refractivity contribution in [3.63, 3.8) is 0 Å². The van der Waals surface area contributed by atoms with Gasteiger partial charge in [0.2, 0.25) is 0 Å². The monoisotopic (exact) mass is 271 g/mol. The molecule has 0 spiro atoms. The van der Waals surface area contributed by atoms with E-state index in [-0.39, 0.29) is 11.7 Å². The first kappa shape index (κ1) is 14.3. The van der Waals surface area contributed by atoms with E-state index in [9.17, 15) is 9.18 Å². The van der Waals surface area contributed by atoms with Crippen LogP contribution in [0.25, 0.3) is 0 Å². The molecule has 3 heteroatoms. The molecule has 0 radical (unpaired) electrons. The molecular formula is C17H18FNO. The predicted molar refractivity (Wildman–Crippen MR) is 79.6 cm³/mol. The fourth-order valence-corrected chi connectivity index (χ4v) is 1.89. The van der Waals surface area contributed by atoms with E-state index in [0.717, 1.165) is 0 Å². The van der Waals surface area contributed by atoms with Gasteiger partial charge in [-0.2, -0.15) is 0 Å². The van der Waals surface area contributed by atoms with Crippen molar-refractivity contribution in [3.8, 4) is 0 Å². The third-order valence-electron chi connectivity index (χ3n) is 3.27. The first-order valence-corrected chi connectivity index (χ1v) is 6.65. The molecule has 0 bridgehead atoms. The van der Waals surface area contributed by atoms with Gasteiger partial charge in [0, 0.05) is 11.3 Å². The van der Waals surface area contributed by atoms with Gasteiger partial charge in [-0.05, 0) is 48.2 Å². The maximum Gasteiger partial charge on any atom is 0.255 e. The molecule has 2 aromatic rings. The van der Waals surface area contributed by atoms with E-state index < -0.39 is 0 Å². The molecule has 0 saturated carbocycles. The van der Waals surface area contributed by atoms with Crippen LogP contribution in [0.4, 0.5) is 10.1 Å². The summed E-state index contributed by atoms with van der Waals surface area (Å²) in [5.41, 5.74) is 2.77. The van der Waals surface area contributed by atoms with Gasteiger partial charge in [-0.3, -0.25) is 4.79 Å². The molecule has 0 aliphatic rings. The minimum Gasteiger partial charge on any atom is -0.322 e. The Balaban J connectivity index is 2.12. The Morgan fingerprint density at radius 3 is 2.30 bits per heavy atom. The van der Waals surface area contributed by atoms with Gasteiger partial charge in [-0.15, -0.1) is 0 Å². The van der Waals surface area contributed by atoms with Gasteiger partial charge in [0.25, 0.3) is 5.91 Å². The summed E-state index contributed by atoms with van der Waals surface area (Å²) in [5, 5.41) is 2.77. The van der Waals surface area contributed by atoms with Crippen molar-refractivity contribution in [3.05, 3.63) is 65.0 Å². The molecule has 2 aromatic carbocycles. The van der Waals surface area contributed by atoms with Crippen molar-refractivity contribution < 1.29 is 9.18 Å². The predicted octanol–water partition coefficient (Wildman–Crippen LogP) is 4.51. The SMILES string of the molecule is Cc1ccc(C(=O)Nc2ccc(C(C)C)cc2)cc1F. The molecule has 0 aliphatic heterocycles. The van der Waals surface area contributed by atoms with Gasteiger partial charge in [-0.1, -0.05) is 32.0 Å². The second-order valence-corrected chi connectivity index (χ2v) is 5.19. The third-order valence-corrected chi connectivity index (χ3v) is 3.27. The highest BCUT2D eigenvalue weighted by Gasteiger charge is 2.08. The molecule has 1 N–H and O–H groups in total. The van der Waals surface area contributed by atoms with Crippen molar-refractivity contribution >= 4 is 11.6 Å². The van der Waals surface area contributed by atoms with Gasteiger partial charge in [0.1, 0.15) is 5.82 Å². The third kappa shape index (κ3) is 3.23. The van der Waals surface area contributed by atoms with Gasteiger partial charge >= 0.3 is 0 Å². The second kappa shape index (κ2) is 5.87. The molecule has 0 fully saturated rings. The lowest BCUT2D eigenvalue weighted by atomic mass is 10.0. The van der Waals surface area contributed by atoms with Crippen LogP contribution in [0.1, 0.15) is 41.3 Å². The topological polar surface area (TPSA) is 29.1 Å². The van der Waals surface area contributed by atoms with Crippen LogP contribution in [0.5, 0.6) is 0 Å². The van der Waals surface area contributed by atoms with Crippen molar-refractivity contribution in [2.24, 2.45) is 0 Å². The Bertz CT molecular complexity index is 617. The lowest BCUT2D eigenvalue weighted by molar-refractivity contribution is 0.102. The van der Waals surface area contributed by atoms with E-state index in [1.165, 1.54) is 11.6 Å². The number of aryl methyl sites for hydroxylation is 1. The molecule has 0 aromatic heterocycles. The summed E-state index contributed by atoms with van der Waals surface area (Å²) < 4.78 is 13.4. The summed E-state index contributed by atoms with van der Waals surface area (Å²) in [6.07, 6.45) is 0. The Labute approximate surface area is 118 Å². The maximum atomic E-state index is 13.4. The number of anilines is 1. The molecule has 2 nitrogen and oxygen atoms in total. The smallest absolute Gasteiger partial charge is 0.255 e. The maximum absolute atomic E-state index is 13.4. The molecule has 1 amide bonds. The lowest BCUT2D eigenvalue weighted by Crippen LogP contribution is -2.12. The zero-order valence-electron chi connectivity index (χ0n) is 11.9. The normalized spacial score (nSPS) is 10.7. The fraction of sp³-hybridized carbons (Fsp3) is 0.235. The minimum atomic E-state index is -0.368. The summed E-state index contributed by atoms with van der Waals surface area (Å²) >= 11 is 0. The molecule has 0 heterocycles. The number of hydrogen-bond acceptors (Lipinski definition) is 1. The molecule has 0 atom stereocenters. The number of hydrogen-bond donors (Lipinski definition) is 1. The van der Waals surface area contributed by atoms with Gasteiger partial charge in [0.15, 0.2) is 0 Å². The summed E-state index contributed by atoms with van der Waals surface area (Å²) in [6.45, 7) is 5.90. The van der Waals surface area contributed by atoms with Crippen molar-refractivity contribution in [2.45, 2.75) is 26.7 Å². The summed E-state index contributed by atoms with van der Waals surface area (Å²) in [7, 11) is 0.